The monoisotopic (exact) mass is 358 g/mol. The lowest BCUT2D eigenvalue weighted by molar-refractivity contribution is 0.423. The molecule has 0 aliphatic carbocycles. The average Bonchev–Trinajstić information content (AvgIpc) is 2.83. The Bertz CT molecular complexity index is 732. The van der Waals surface area contributed by atoms with Crippen LogP contribution in [-0.2, 0) is 20.0 Å². The summed E-state index contributed by atoms with van der Waals surface area (Å²) in [5, 5.41) is 0. The van der Waals surface area contributed by atoms with E-state index in [0.29, 0.717) is 13.1 Å². The Morgan fingerprint density at radius 1 is 0.957 bits per heavy atom. The van der Waals surface area contributed by atoms with Crippen molar-refractivity contribution in [2.75, 3.05) is 19.6 Å². The second-order valence-electron chi connectivity index (χ2n) is 5.43. The van der Waals surface area contributed by atoms with Gasteiger partial charge in [0.15, 0.2) is 0 Å². The molecular formula is C15H22N2O4S2. The van der Waals surface area contributed by atoms with E-state index < -0.39 is 20.0 Å². The first-order valence-electron chi connectivity index (χ1n) is 7.59. The molecule has 2 rings (SSSR count). The van der Waals surface area contributed by atoms with Gasteiger partial charge in [-0.15, -0.1) is 6.58 Å². The lowest BCUT2D eigenvalue weighted by atomic mass is 10.2. The lowest BCUT2D eigenvalue weighted by Gasteiger charge is -2.20. The van der Waals surface area contributed by atoms with Gasteiger partial charge in [-0.25, -0.2) is 21.6 Å². The van der Waals surface area contributed by atoms with E-state index in [-0.39, 0.29) is 16.3 Å². The maximum Gasteiger partial charge on any atom is 0.243 e. The molecule has 128 valence electrons. The van der Waals surface area contributed by atoms with Gasteiger partial charge in [0.1, 0.15) is 0 Å². The maximum atomic E-state index is 12.6. The fourth-order valence-electron chi connectivity index (χ4n) is 2.47. The van der Waals surface area contributed by atoms with Gasteiger partial charge in [-0.1, -0.05) is 18.9 Å². The Morgan fingerprint density at radius 2 is 1.48 bits per heavy atom. The summed E-state index contributed by atoms with van der Waals surface area (Å²) in [5.41, 5.74) is 0. The SMILES string of the molecule is C=CCNS(=O)(=O)c1ccc(S(=O)(=O)N2CCCCCC2)cc1. The zero-order valence-electron chi connectivity index (χ0n) is 12.9. The van der Waals surface area contributed by atoms with E-state index >= 15 is 0 Å². The summed E-state index contributed by atoms with van der Waals surface area (Å²) < 4.78 is 53.0. The van der Waals surface area contributed by atoms with E-state index in [1.807, 2.05) is 0 Å². The Morgan fingerprint density at radius 3 is 2.00 bits per heavy atom. The van der Waals surface area contributed by atoms with Gasteiger partial charge in [0, 0.05) is 19.6 Å². The average molecular weight is 358 g/mol. The number of sulfonamides is 2. The highest BCUT2D eigenvalue weighted by Gasteiger charge is 2.25. The van der Waals surface area contributed by atoms with Gasteiger partial charge in [0.25, 0.3) is 0 Å². The highest BCUT2D eigenvalue weighted by Crippen LogP contribution is 2.21. The normalized spacial score (nSPS) is 17.6. The minimum Gasteiger partial charge on any atom is -0.207 e. The fraction of sp³-hybridized carbons (Fsp3) is 0.467. The number of hydrogen-bond donors (Lipinski definition) is 1. The Kier molecular flexibility index (Phi) is 5.96. The van der Waals surface area contributed by atoms with Gasteiger partial charge in [0.2, 0.25) is 20.0 Å². The van der Waals surface area contributed by atoms with Crippen LogP contribution in [0, 0.1) is 0 Å². The second kappa shape index (κ2) is 7.57. The quantitative estimate of drug-likeness (QED) is 0.785. The topological polar surface area (TPSA) is 83.5 Å². The highest BCUT2D eigenvalue weighted by atomic mass is 32.2. The summed E-state index contributed by atoms with van der Waals surface area (Å²) in [7, 11) is -7.21. The van der Waals surface area contributed by atoms with E-state index in [2.05, 4.69) is 11.3 Å². The first-order valence-corrected chi connectivity index (χ1v) is 10.5. The van der Waals surface area contributed by atoms with Crippen LogP contribution < -0.4 is 4.72 Å². The molecule has 1 N–H and O–H groups in total. The van der Waals surface area contributed by atoms with Crippen molar-refractivity contribution in [3.8, 4) is 0 Å². The first-order chi connectivity index (χ1) is 10.9. The van der Waals surface area contributed by atoms with Crippen LogP contribution >= 0.6 is 0 Å². The van der Waals surface area contributed by atoms with E-state index in [1.165, 1.54) is 34.6 Å². The van der Waals surface area contributed by atoms with Gasteiger partial charge < -0.3 is 0 Å². The predicted molar refractivity (Wildman–Crippen MR) is 89.1 cm³/mol. The van der Waals surface area contributed by atoms with Crippen molar-refractivity contribution in [2.45, 2.75) is 35.5 Å². The molecule has 1 fully saturated rings. The molecule has 6 nitrogen and oxygen atoms in total. The molecule has 8 heteroatoms. The summed E-state index contributed by atoms with van der Waals surface area (Å²) in [5.74, 6) is 0. The second-order valence-corrected chi connectivity index (χ2v) is 9.14. The summed E-state index contributed by atoms with van der Waals surface area (Å²) in [6.07, 6.45) is 5.24. The molecule has 0 unspecified atom stereocenters. The molecule has 0 saturated carbocycles. The van der Waals surface area contributed by atoms with Gasteiger partial charge in [-0.3, -0.25) is 0 Å². The Hall–Kier alpha value is -1.22. The third-order valence-corrected chi connectivity index (χ3v) is 7.11. The molecule has 0 atom stereocenters. The van der Waals surface area contributed by atoms with Crippen LogP contribution in [-0.4, -0.2) is 40.8 Å². The first kappa shape index (κ1) is 18.1. The van der Waals surface area contributed by atoms with Crippen molar-refractivity contribution in [1.82, 2.24) is 9.03 Å². The van der Waals surface area contributed by atoms with E-state index in [4.69, 9.17) is 0 Å². The molecule has 0 aromatic heterocycles. The molecule has 1 heterocycles. The molecule has 1 aromatic rings. The van der Waals surface area contributed by atoms with Crippen molar-refractivity contribution >= 4 is 20.0 Å². The van der Waals surface area contributed by atoms with Crippen molar-refractivity contribution < 1.29 is 16.8 Å². The number of nitrogens with zero attached hydrogens (tertiary/aromatic N) is 1. The van der Waals surface area contributed by atoms with Gasteiger partial charge in [-0.2, -0.15) is 4.31 Å². The molecule has 0 amide bonds. The third-order valence-electron chi connectivity index (χ3n) is 3.75. The highest BCUT2D eigenvalue weighted by molar-refractivity contribution is 7.89. The number of hydrogen-bond acceptors (Lipinski definition) is 4. The summed E-state index contributed by atoms with van der Waals surface area (Å²) in [6, 6.07) is 5.33. The standard InChI is InChI=1S/C15H22N2O4S2/c1-2-11-16-22(18,19)14-7-9-15(10-8-14)23(20,21)17-12-5-3-4-6-13-17/h2,7-10,16H,1,3-6,11-13H2. The summed E-state index contributed by atoms with van der Waals surface area (Å²) in [6.45, 7) is 4.61. The van der Waals surface area contributed by atoms with Crippen LogP contribution in [0.25, 0.3) is 0 Å². The molecule has 1 aromatic carbocycles. The molecule has 23 heavy (non-hydrogen) atoms. The van der Waals surface area contributed by atoms with Crippen LogP contribution in [0.3, 0.4) is 0 Å². The van der Waals surface area contributed by atoms with Crippen molar-refractivity contribution in [3.63, 3.8) is 0 Å². The fourth-order valence-corrected chi connectivity index (χ4v) is 4.99. The minimum atomic E-state index is -3.65. The maximum absolute atomic E-state index is 12.6. The number of nitrogens with one attached hydrogen (secondary N) is 1. The smallest absolute Gasteiger partial charge is 0.207 e. The Labute approximate surface area is 138 Å². The zero-order valence-corrected chi connectivity index (χ0v) is 14.6. The number of benzene rings is 1. The van der Waals surface area contributed by atoms with E-state index in [9.17, 15) is 16.8 Å². The minimum absolute atomic E-state index is 0.0363. The zero-order chi connectivity index (χ0) is 16.9. The van der Waals surface area contributed by atoms with Crippen LogP contribution in [0.15, 0.2) is 46.7 Å². The third kappa shape index (κ3) is 4.41. The largest absolute Gasteiger partial charge is 0.243 e. The van der Waals surface area contributed by atoms with Crippen molar-refractivity contribution in [1.29, 1.82) is 0 Å². The molecule has 0 spiro atoms. The van der Waals surface area contributed by atoms with Gasteiger partial charge in [0.05, 0.1) is 9.79 Å². The van der Waals surface area contributed by atoms with Crippen molar-refractivity contribution in [2.24, 2.45) is 0 Å². The van der Waals surface area contributed by atoms with Crippen LogP contribution in [0.1, 0.15) is 25.7 Å². The molecule has 1 saturated heterocycles. The van der Waals surface area contributed by atoms with E-state index in [1.54, 1.807) is 0 Å². The summed E-state index contributed by atoms with van der Waals surface area (Å²) >= 11 is 0. The van der Waals surface area contributed by atoms with Crippen LogP contribution in [0.5, 0.6) is 0 Å². The molecule has 1 aliphatic rings. The molecule has 0 radical (unpaired) electrons. The molecular weight excluding hydrogens is 336 g/mol. The van der Waals surface area contributed by atoms with Crippen molar-refractivity contribution in [3.05, 3.63) is 36.9 Å². The van der Waals surface area contributed by atoms with Gasteiger partial charge in [-0.05, 0) is 37.1 Å². The van der Waals surface area contributed by atoms with E-state index in [0.717, 1.165) is 25.7 Å². The number of rotatable bonds is 6. The predicted octanol–water partition coefficient (Wildman–Crippen LogP) is 1.72. The lowest BCUT2D eigenvalue weighted by Crippen LogP contribution is -2.32. The van der Waals surface area contributed by atoms with Crippen LogP contribution in [0.4, 0.5) is 0 Å². The Balaban J connectivity index is 2.22. The summed E-state index contributed by atoms with van der Waals surface area (Å²) in [4.78, 5) is 0.163. The molecule has 1 aliphatic heterocycles. The van der Waals surface area contributed by atoms with Gasteiger partial charge >= 0.3 is 0 Å². The molecule has 0 bridgehead atoms. The van der Waals surface area contributed by atoms with Crippen LogP contribution in [0.2, 0.25) is 0 Å².